The number of hydrogen-bond acceptors (Lipinski definition) is 6. The zero-order valence-electron chi connectivity index (χ0n) is 14.7. The number of carbonyl (C=O) groups is 2. The first-order chi connectivity index (χ1) is 12.8. The summed E-state index contributed by atoms with van der Waals surface area (Å²) in [6.45, 7) is 3.61. The van der Waals surface area contributed by atoms with Crippen LogP contribution in [0.1, 0.15) is 46.3 Å². The Morgan fingerprint density at radius 3 is 2.81 bits per heavy atom. The van der Waals surface area contributed by atoms with E-state index in [-0.39, 0.29) is 17.4 Å². The molecule has 0 aromatic carbocycles. The quantitative estimate of drug-likeness (QED) is 0.432. The SMILES string of the molecule is CCC(NC(=O)c1ccc(C(C)c2c[nH]c3nc(N)[nH]c(=O)c23)s1)C(=O)O. The van der Waals surface area contributed by atoms with E-state index in [0.717, 1.165) is 10.4 Å². The van der Waals surface area contributed by atoms with Gasteiger partial charge in [0.1, 0.15) is 11.7 Å². The highest BCUT2D eigenvalue weighted by atomic mass is 32.1. The Bertz CT molecular complexity index is 1070. The third kappa shape index (κ3) is 3.56. The number of nitrogens with one attached hydrogen (secondary N) is 3. The number of nitrogens with zero attached hydrogens (tertiary/aromatic N) is 1. The zero-order chi connectivity index (χ0) is 19.7. The zero-order valence-corrected chi connectivity index (χ0v) is 15.5. The van der Waals surface area contributed by atoms with Crippen LogP contribution in [0.5, 0.6) is 0 Å². The van der Waals surface area contributed by atoms with Crippen LogP contribution < -0.4 is 16.6 Å². The highest BCUT2D eigenvalue weighted by Gasteiger charge is 2.22. The second-order valence-electron chi connectivity index (χ2n) is 6.12. The molecule has 10 heteroatoms. The van der Waals surface area contributed by atoms with E-state index in [1.54, 1.807) is 25.3 Å². The molecule has 0 saturated carbocycles. The minimum Gasteiger partial charge on any atom is -0.480 e. The maximum Gasteiger partial charge on any atom is 0.326 e. The average molecular weight is 389 g/mol. The Morgan fingerprint density at radius 1 is 1.41 bits per heavy atom. The van der Waals surface area contributed by atoms with Gasteiger partial charge in [0.2, 0.25) is 5.95 Å². The standard InChI is InChI=1S/C17H19N5O4S/c1-3-9(16(25)26)20-14(23)11-5-4-10(27-11)7(2)8-6-19-13-12(8)15(24)22-17(18)21-13/h4-7,9H,3H2,1-2H3,(H,20,23)(H,25,26)(H4,18,19,21,22,24). The van der Waals surface area contributed by atoms with E-state index in [0.29, 0.717) is 22.3 Å². The van der Waals surface area contributed by atoms with Crippen molar-refractivity contribution in [1.29, 1.82) is 0 Å². The number of H-pyrrole nitrogens is 2. The smallest absolute Gasteiger partial charge is 0.326 e. The Hall–Kier alpha value is -3.14. The van der Waals surface area contributed by atoms with E-state index in [1.807, 2.05) is 6.92 Å². The summed E-state index contributed by atoms with van der Waals surface area (Å²) >= 11 is 1.25. The van der Waals surface area contributed by atoms with Gasteiger partial charge in [-0.05, 0) is 24.1 Å². The van der Waals surface area contributed by atoms with Crippen molar-refractivity contribution < 1.29 is 14.7 Å². The van der Waals surface area contributed by atoms with Gasteiger partial charge < -0.3 is 21.1 Å². The molecule has 3 rings (SSSR count). The van der Waals surface area contributed by atoms with Crippen molar-refractivity contribution in [1.82, 2.24) is 20.3 Å². The lowest BCUT2D eigenvalue weighted by molar-refractivity contribution is -0.139. The molecular weight excluding hydrogens is 370 g/mol. The number of aliphatic carboxylic acids is 1. The summed E-state index contributed by atoms with van der Waals surface area (Å²) in [6.07, 6.45) is 2.00. The fourth-order valence-corrected chi connectivity index (χ4v) is 3.83. The molecule has 0 radical (unpaired) electrons. The van der Waals surface area contributed by atoms with Crippen molar-refractivity contribution in [3.05, 3.63) is 44.0 Å². The maximum atomic E-state index is 12.3. The van der Waals surface area contributed by atoms with Gasteiger partial charge in [0.15, 0.2) is 0 Å². The lowest BCUT2D eigenvalue weighted by atomic mass is 10.0. The first kappa shape index (κ1) is 18.6. The van der Waals surface area contributed by atoms with Crippen molar-refractivity contribution in [3.63, 3.8) is 0 Å². The van der Waals surface area contributed by atoms with Gasteiger partial charge in [-0.3, -0.25) is 14.6 Å². The Morgan fingerprint density at radius 2 is 2.15 bits per heavy atom. The van der Waals surface area contributed by atoms with Crippen LogP contribution in [-0.2, 0) is 4.79 Å². The van der Waals surface area contributed by atoms with Crippen molar-refractivity contribution in [2.75, 3.05) is 5.73 Å². The summed E-state index contributed by atoms with van der Waals surface area (Å²) in [5.41, 5.74) is 6.37. The fraction of sp³-hybridized carbons (Fsp3) is 0.294. The molecular formula is C17H19N5O4S. The lowest BCUT2D eigenvalue weighted by Gasteiger charge is -2.11. The van der Waals surface area contributed by atoms with Crippen LogP contribution >= 0.6 is 11.3 Å². The Balaban J connectivity index is 1.87. The van der Waals surface area contributed by atoms with Gasteiger partial charge in [0, 0.05) is 17.0 Å². The Labute approximate surface area is 157 Å². The number of carbonyl (C=O) groups excluding carboxylic acids is 1. The van der Waals surface area contributed by atoms with Gasteiger partial charge in [-0.1, -0.05) is 13.8 Å². The van der Waals surface area contributed by atoms with Crippen LogP contribution in [0.4, 0.5) is 5.95 Å². The van der Waals surface area contributed by atoms with Crippen molar-refractivity contribution in [2.24, 2.45) is 0 Å². The molecule has 6 N–H and O–H groups in total. The number of aromatic nitrogens is 3. The molecule has 3 aromatic heterocycles. The summed E-state index contributed by atoms with van der Waals surface area (Å²) < 4.78 is 0. The van der Waals surface area contributed by atoms with Crippen LogP contribution in [0.25, 0.3) is 11.0 Å². The number of nitrogens with two attached hydrogens (primary N) is 1. The molecule has 9 nitrogen and oxygen atoms in total. The molecule has 3 heterocycles. The molecule has 3 aromatic rings. The molecule has 0 aliphatic heterocycles. The van der Waals surface area contributed by atoms with E-state index in [1.165, 1.54) is 11.3 Å². The minimum atomic E-state index is -1.07. The van der Waals surface area contributed by atoms with E-state index in [2.05, 4.69) is 20.3 Å². The van der Waals surface area contributed by atoms with Gasteiger partial charge in [-0.15, -0.1) is 11.3 Å². The molecule has 1 amide bonds. The summed E-state index contributed by atoms with van der Waals surface area (Å²) in [5.74, 6) is -1.63. The molecule has 0 fully saturated rings. The van der Waals surface area contributed by atoms with Crippen molar-refractivity contribution in [2.45, 2.75) is 32.2 Å². The molecule has 0 spiro atoms. The molecule has 142 valence electrons. The van der Waals surface area contributed by atoms with Gasteiger partial charge >= 0.3 is 5.97 Å². The minimum absolute atomic E-state index is 0.0348. The highest BCUT2D eigenvalue weighted by Crippen LogP contribution is 2.32. The molecule has 27 heavy (non-hydrogen) atoms. The van der Waals surface area contributed by atoms with Crippen LogP contribution in [-0.4, -0.2) is 38.0 Å². The third-order valence-electron chi connectivity index (χ3n) is 4.35. The third-order valence-corrected chi connectivity index (χ3v) is 5.61. The van der Waals surface area contributed by atoms with Crippen LogP contribution in [0.2, 0.25) is 0 Å². The van der Waals surface area contributed by atoms with E-state index >= 15 is 0 Å². The molecule has 2 atom stereocenters. The lowest BCUT2D eigenvalue weighted by Crippen LogP contribution is -2.39. The van der Waals surface area contributed by atoms with E-state index < -0.39 is 17.9 Å². The number of thiophene rings is 1. The van der Waals surface area contributed by atoms with Crippen LogP contribution in [0.15, 0.2) is 23.1 Å². The maximum absolute atomic E-state index is 12.3. The first-order valence-corrected chi connectivity index (χ1v) is 9.13. The van der Waals surface area contributed by atoms with E-state index in [4.69, 9.17) is 10.8 Å². The monoisotopic (exact) mass is 389 g/mol. The van der Waals surface area contributed by atoms with Gasteiger partial charge in [0.05, 0.1) is 10.3 Å². The molecule has 0 saturated heterocycles. The van der Waals surface area contributed by atoms with Crippen LogP contribution in [0, 0.1) is 0 Å². The van der Waals surface area contributed by atoms with Gasteiger partial charge in [-0.2, -0.15) is 4.98 Å². The number of aromatic amines is 2. The molecule has 0 aliphatic carbocycles. The van der Waals surface area contributed by atoms with Crippen LogP contribution in [0.3, 0.4) is 0 Å². The molecule has 2 unspecified atom stereocenters. The predicted molar refractivity (Wildman–Crippen MR) is 102 cm³/mol. The van der Waals surface area contributed by atoms with Gasteiger partial charge in [0.25, 0.3) is 11.5 Å². The second-order valence-corrected chi connectivity index (χ2v) is 7.23. The number of carboxylic acids is 1. The topological polar surface area (TPSA) is 154 Å². The first-order valence-electron chi connectivity index (χ1n) is 8.32. The summed E-state index contributed by atoms with van der Waals surface area (Å²) in [5, 5.41) is 12.0. The molecule has 0 aliphatic rings. The van der Waals surface area contributed by atoms with Crippen molar-refractivity contribution in [3.8, 4) is 0 Å². The fourth-order valence-electron chi connectivity index (χ4n) is 2.85. The molecule has 0 bridgehead atoms. The predicted octanol–water partition coefficient (Wildman–Crippen LogP) is 1.64. The van der Waals surface area contributed by atoms with Gasteiger partial charge in [-0.25, -0.2) is 4.79 Å². The Kier molecular flexibility index (Phi) is 5.00. The number of carboxylic acid groups (broad SMARTS) is 1. The second kappa shape index (κ2) is 7.23. The normalized spacial score (nSPS) is 13.4. The van der Waals surface area contributed by atoms with E-state index in [9.17, 15) is 14.4 Å². The highest BCUT2D eigenvalue weighted by molar-refractivity contribution is 7.14. The summed E-state index contributed by atoms with van der Waals surface area (Å²) in [4.78, 5) is 46.4. The number of hydrogen-bond donors (Lipinski definition) is 5. The number of fused-ring (bicyclic) bond motifs is 1. The largest absolute Gasteiger partial charge is 0.480 e. The number of anilines is 1. The summed E-state index contributed by atoms with van der Waals surface area (Å²) in [6, 6.07) is 2.52. The number of nitrogen functional groups attached to an aromatic ring is 1. The number of amides is 1. The summed E-state index contributed by atoms with van der Waals surface area (Å²) in [7, 11) is 0. The number of rotatable bonds is 6. The average Bonchev–Trinajstić information content (AvgIpc) is 3.25. The van der Waals surface area contributed by atoms with Crippen molar-refractivity contribution >= 4 is 40.2 Å².